The van der Waals surface area contributed by atoms with E-state index < -0.39 is 5.97 Å². The molecular formula is C13H19N3O3. The molecule has 1 aromatic rings. The molecule has 0 bridgehead atoms. The average Bonchev–Trinajstić information content (AvgIpc) is 2.36. The van der Waals surface area contributed by atoms with Gasteiger partial charge in [0.05, 0.1) is 11.9 Å². The van der Waals surface area contributed by atoms with E-state index in [1.54, 1.807) is 4.90 Å². The van der Waals surface area contributed by atoms with E-state index >= 15 is 0 Å². The van der Waals surface area contributed by atoms with Gasteiger partial charge in [0.15, 0.2) is 0 Å². The maximum atomic E-state index is 12.0. The molecule has 2 N–H and O–H groups in total. The van der Waals surface area contributed by atoms with E-state index in [-0.39, 0.29) is 11.7 Å². The lowest BCUT2D eigenvalue weighted by molar-refractivity contribution is 0.0690. The van der Waals surface area contributed by atoms with Gasteiger partial charge in [-0.05, 0) is 25.0 Å². The van der Waals surface area contributed by atoms with E-state index in [0.29, 0.717) is 24.7 Å². The van der Waals surface area contributed by atoms with Crippen LogP contribution in [0.1, 0.15) is 31.3 Å². The number of hydrogen-bond acceptors (Lipinski definition) is 3. The van der Waals surface area contributed by atoms with Gasteiger partial charge in [-0.1, -0.05) is 13.8 Å². The van der Waals surface area contributed by atoms with Gasteiger partial charge in [0.2, 0.25) is 0 Å². The molecule has 0 aromatic carbocycles. The van der Waals surface area contributed by atoms with Crippen molar-refractivity contribution < 1.29 is 14.7 Å². The van der Waals surface area contributed by atoms with Gasteiger partial charge in [-0.2, -0.15) is 0 Å². The van der Waals surface area contributed by atoms with Gasteiger partial charge < -0.3 is 15.3 Å². The predicted octanol–water partition coefficient (Wildman–Crippen LogP) is 2.29. The Bertz CT molecular complexity index is 443. The largest absolute Gasteiger partial charge is 0.477 e. The summed E-state index contributed by atoms with van der Waals surface area (Å²) >= 11 is 0. The van der Waals surface area contributed by atoms with Crippen LogP contribution in [0.3, 0.4) is 0 Å². The zero-order chi connectivity index (χ0) is 14.4. The molecule has 0 saturated carbocycles. The van der Waals surface area contributed by atoms with Crippen molar-refractivity contribution >= 4 is 17.7 Å². The molecule has 0 fully saturated rings. The highest BCUT2D eigenvalue weighted by molar-refractivity contribution is 5.90. The third kappa shape index (κ3) is 4.57. The Kier molecular flexibility index (Phi) is 5.29. The molecule has 0 spiro atoms. The molecule has 6 heteroatoms. The standard InChI is InChI=1S/C13H19N3O3/c1-4-16(8-9(2)3)13(19)15-10-5-6-11(12(17)18)14-7-10/h5-7,9H,4,8H2,1-3H3,(H,15,19)(H,17,18). The average molecular weight is 265 g/mol. The van der Waals surface area contributed by atoms with E-state index in [0.717, 1.165) is 0 Å². The highest BCUT2D eigenvalue weighted by Gasteiger charge is 2.13. The lowest BCUT2D eigenvalue weighted by atomic mass is 10.2. The molecular weight excluding hydrogens is 246 g/mol. The minimum Gasteiger partial charge on any atom is -0.477 e. The van der Waals surface area contributed by atoms with E-state index in [1.807, 2.05) is 20.8 Å². The minimum atomic E-state index is -1.09. The summed E-state index contributed by atoms with van der Waals surface area (Å²) in [6.45, 7) is 7.28. The summed E-state index contributed by atoms with van der Waals surface area (Å²) in [5.74, 6) is -0.703. The number of hydrogen-bond donors (Lipinski definition) is 2. The van der Waals surface area contributed by atoms with Gasteiger partial charge in [-0.15, -0.1) is 0 Å². The summed E-state index contributed by atoms with van der Waals surface area (Å²) in [5.41, 5.74) is 0.435. The van der Waals surface area contributed by atoms with E-state index in [2.05, 4.69) is 10.3 Å². The van der Waals surface area contributed by atoms with Gasteiger partial charge in [0.1, 0.15) is 5.69 Å². The number of nitrogens with one attached hydrogen (secondary N) is 1. The number of anilines is 1. The smallest absolute Gasteiger partial charge is 0.354 e. The molecule has 0 saturated heterocycles. The minimum absolute atomic E-state index is 0.0486. The number of amides is 2. The number of nitrogens with zero attached hydrogens (tertiary/aromatic N) is 2. The third-order valence-electron chi connectivity index (χ3n) is 2.49. The Balaban J connectivity index is 2.67. The fourth-order valence-corrected chi connectivity index (χ4v) is 1.59. The fraction of sp³-hybridized carbons (Fsp3) is 0.462. The van der Waals surface area contributed by atoms with Crippen LogP contribution in [0.4, 0.5) is 10.5 Å². The summed E-state index contributed by atoms with van der Waals surface area (Å²) in [7, 11) is 0. The highest BCUT2D eigenvalue weighted by Crippen LogP contribution is 2.08. The number of carbonyl (C=O) groups excluding carboxylic acids is 1. The Morgan fingerprint density at radius 1 is 1.42 bits per heavy atom. The van der Waals surface area contributed by atoms with Crippen molar-refractivity contribution in [2.45, 2.75) is 20.8 Å². The van der Waals surface area contributed by atoms with Gasteiger partial charge in [-0.25, -0.2) is 14.6 Å². The molecule has 19 heavy (non-hydrogen) atoms. The quantitative estimate of drug-likeness (QED) is 0.855. The number of carbonyl (C=O) groups is 2. The molecule has 0 radical (unpaired) electrons. The number of rotatable bonds is 5. The Morgan fingerprint density at radius 2 is 2.11 bits per heavy atom. The van der Waals surface area contributed by atoms with Crippen LogP contribution >= 0.6 is 0 Å². The molecule has 1 heterocycles. The first-order chi connectivity index (χ1) is 8.93. The summed E-state index contributed by atoms with van der Waals surface area (Å²) in [5, 5.41) is 11.4. The Morgan fingerprint density at radius 3 is 2.53 bits per heavy atom. The van der Waals surface area contributed by atoms with Crippen LogP contribution in [0.5, 0.6) is 0 Å². The fourth-order valence-electron chi connectivity index (χ4n) is 1.59. The van der Waals surface area contributed by atoms with Crippen molar-refractivity contribution in [1.29, 1.82) is 0 Å². The first-order valence-corrected chi connectivity index (χ1v) is 6.19. The topological polar surface area (TPSA) is 82.5 Å². The molecule has 2 amide bonds. The predicted molar refractivity (Wildman–Crippen MR) is 72.3 cm³/mol. The summed E-state index contributed by atoms with van der Waals surface area (Å²) in [4.78, 5) is 28.1. The molecule has 6 nitrogen and oxygen atoms in total. The zero-order valence-corrected chi connectivity index (χ0v) is 11.4. The molecule has 1 rings (SSSR count). The number of aromatic carboxylic acids is 1. The van der Waals surface area contributed by atoms with Crippen molar-refractivity contribution in [2.24, 2.45) is 5.92 Å². The van der Waals surface area contributed by atoms with Crippen molar-refractivity contribution in [3.05, 3.63) is 24.0 Å². The SMILES string of the molecule is CCN(CC(C)C)C(=O)Nc1ccc(C(=O)O)nc1. The van der Waals surface area contributed by atoms with Crippen molar-refractivity contribution in [2.75, 3.05) is 18.4 Å². The normalized spacial score (nSPS) is 10.3. The Hall–Kier alpha value is -2.11. The van der Waals surface area contributed by atoms with E-state index in [4.69, 9.17) is 5.11 Å². The van der Waals surface area contributed by atoms with E-state index in [9.17, 15) is 9.59 Å². The molecule has 0 aliphatic heterocycles. The van der Waals surface area contributed by atoms with Crippen LogP contribution in [-0.4, -0.2) is 40.1 Å². The molecule has 1 aromatic heterocycles. The second-order valence-corrected chi connectivity index (χ2v) is 4.60. The first kappa shape index (κ1) is 14.9. The lowest BCUT2D eigenvalue weighted by Crippen LogP contribution is -2.37. The van der Waals surface area contributed by atoms with Crippen LogP contribution in [0.25, 0.3) is 0 Å². The van der Waals surface area contributed by atoms with Crippen LogP contribution in [0.15, 0.2) is 18.3 Å². The van der Waals surface area contributed by atoms with Gasteiger partial charge in [-0.3, -0.25) is 0 Å². The Labute approximate surface area is 112 Å². The van der Waals surface area contributed by atoms with Crippen LogP contribution in [0, 0.1) is 5.92 Å². The summed E-state index contributed by atoms with van der Waals surface area (Å²) in [6, 6.07) is 2.68. The first-order valence-electron chi connectivity index (χ1n) is 6.19. The van der Waals surface area contributed by atoms with Crippen molar-refractivity contribution in [3.63, 3.8) is 0 Å². The van der Waals surface area contributed by atoms with E-state index in [1.165, 1.54) is 18.3 Å². The van der Waals surface area contributed by atoms with Crippen molar-refractivity contribution in [1.82, 2.24) is 9.88 Å². The van der Waals surface area contributed by atoms with Gasteiger partial charge >= 0.3 is 12.0 Å². The zero-order valence-electron chi connectivity index (χ0n) is 11.4. The number of carboxylic acids is 1. The van der Waals surface area contributed by atoms with Crippen molar-refractivity contribution in [3.8, 4) is 0 Å². The maximum absolute atomic E-state index is 12.0. The van der Waals surface area contributed by atoms with Crippen LogP contribution in [-0.2, 0) is 0 Å². The molecule has 0 atom stereocenters. The molecule has 0 aliphatic rings. The second kappa shape index (κ2) is 6.72. The number of pyridine rings is 1. The monoisotopic (exact) mass is 265 g/mol. The molecule has 0 unspecified atom stereocenters. The third-order valence-corrected chi connectivity index (χ3v) is 2.49. The number of carboxylic acid groups (broad SMARTS) is 1. The van der Waals surface area contributed by atoms with Gasteiger partial charge in [0, 0.05) is 13.1 Å². The second-order valence-electron chi connectivity index (χ2n) is 4.60. The number of aromatic nitrogens is 1. The van der Waals surface area contributed by atoms with Crippen LogP contribution in [0.2, 0.25) is 0 Å². The highest BCUT2D eigenvalue weighted by atomic mass is 16.4. The lowest BCUT2D eigenvalue weighted by Gasteiger charge is -2.23. The maximum Gasteiger partial charge on any atom is 0.354 e. The summed E-state index contributed by atoms with van der Waals surface area (Å²) < 4.78 is 0. The summed E-state index contributed by atoms with van der Waals surface area (Å²) in [6.07, 6.45) is 1.34. The molecule has 0 aliphatic carbocycles. The van der Waals surface area contributed by atoms with Gasteiger partial charge in [0.25, 0.3) is 0 Å². The number of urea groups is 1. The van der Waals surface area contributed by atoms with Crippen LogP contribution < -0.4 is 5.32 Å². The molecule has 104 valence electrons.